The van der Waals surface area contributed by atoms with Crippen LogP contribution in [0.3, 0.4) is 0 Å². The van der Waals surface area contributed by atoms with Gasteiger partial charge in [0.05, 0.1) is 11.9 Å². The predicted molar refractivity (Wildman–Crippen MR) is 79.1 cm³/mol. The Morgan fingerprint density at radius 2 is 1.95 bits per heavy atom. The second kappa shape index (κ2) is 7.61. The number of carbonyl (C=O) groups is 2. The largest absolute Gasteiger partial charge is 0.468 e. The molecule has 1 N–H and O–H groups in total. The van der Waals surface area contributed by atoms with Crippen molar-refractivity contribution in [2.75, 3.05) is 25.0 Å². The van der Waals surface area contributed by atoms with E-state index < -0.39 is 0 Å². The number of pyridine rings is 1. The van der Waals surface area contributed by atoms with Gasteiger partial charge in [-0.15, -0.1) is 0 Å². The Balaban J connectivity index is 1.81. The summed E-state index contributed by atoms with van der Waals surface area (Å²) >= 11 is 0. The summed E-state index contributed by atoms with van der Waals surface area (Å²) in [5.74, 6) is 0.235. The van der Waals surface area contributed by atoms with Crippen LogP contribution in [0.4, 0.5) is 5.69 Å². The fraction of sp³-hybridized carbons (Fsp3) is 0.533. The highest BCUT2D eigenvalue weighted by molar-refractivity contribution is 5.88. The molecule has 0 atom stereocenters. The lowest BCUT2D eigenvalue weighted by molar-refractivity contribution is -0.133. The second-order valence-electron chi connectivity index (χ2n) is 5.15. The highest BCUT2D eigenvalue weighted by Gasteiger charge is 2.16. The second-order valence-corrected chi connectivity index (χ2v) is 5.15. The van der Waals surface area contributed by atoms with Crippen LogP contribution in [0.15, 0.2) is 18.3 Å². The molecule has 114 valence electrons. The molecule has 2 heterocycles. The van der Waals surface area contributed by atoms with Gasteiger partial charge in [0.2, 0.25) is 11.8 Å². The number of ether oxygens (including phenoxy) is 1. The standard InChI is InChI=1S/C15H21N3O3/c1-12(19)17-13-6-7-14(16-10-13)21-11-15(20)18-8-4-2-3-5-9-18/h6-7,10H,2-5,8-9,11H2,1H3,(H,17,19). The highest BCUT2D eigenvalue weighted by atomic mass is 16.5. The van der Waals surface area contributed by atoms with Crippen LogP contribution in [0.25, 0.3) is 0 Å². The zero-order valence-electron chi connectivity index (χ0n) is 12.3. The minimum absolute atomic E-state index is 0.00429. The van der Waals surface area contributed by atoms with E-state index in [-0.39, 0.29) is 18.4 Å². The van der Waals surface area contributed by atoms with Crippen LogP contribution < -0.4 is 10.1 Å². The van der Waals surface area contributed by atoms with Crippen LogP contribution in [0.2, 0.25) is 0 Å². The molecule has 1 aromatic rings. The number of anilines is 1. The Hall–Kier alpha value is -2.11. The van der Waals surface area contributed by atoms with Crippen LogP contribution in [0, 0.1) is 0 Å². The highest BCUT2D eigenvalue weighted by Crippen LogP contribution is 2.13. The average Bonchev–Trinajstić information content (AvgIpc) is 2.75. The summed E-state index contributed by atoms with van der Waals surface area (Å²) in [6.07, 6.45) is 6.02. The number of nitrogens with zero attached hydrogens (tertiary/aromatic N) is 2. The van der Waals surface area contributed by atoms with Gasteiger partial charge >= 0.3 is 0 Å². The third kappa shape index (κ3) is 5.06. The fourth-order valence-electron chi connectivity index (χ4n) is 2.29. The summed E-state index contributed by atoms with van der Waals surface area (Å²) in [5.41, 5.74) is 0.605. The van der Waals surface area contributed by atoms with Gasteiger partial charge < -0.3 is 15.0 Å². The SMILES string of the molecule is CC(=O)Nc1ccc(OCC(=O)N2CCCCCC2)nc1. The van der Waals surface area contributed by atoms with E-state index in [1.807, 2.05) is 4.90 Å². The zero-order valence-corrected chi connectivity index (χ0v) is 12.3. The lowest BCUT2D eigenvalue weighted by atomic mass is 10.2. The molecule has 2 amide bonds. The average molecular weight is 291 g/mol. The van der Waals surface area contributed by atoms with Crippen molar-refractivity contribution in [3.63, 3.8) is 0 Å². The number of nitrogens with one attached hydrogen (secondary N) is 1. The molecule has 2 rings (SSSR count). The van der Waals surface area contributed by atoms with Gasteiger partial charge in [-0.25, -0.2) is 4.98 Å². The van der Waals surface area contributed by atoms with E-state index in [4.69, 9.17) is 4.74 Å². The molecule has 0 spiro atoms. The normalized spacial score (nSPS) is 15.2. The van der Waals surface area contributed by atoms with Gasteiger partial charge in [-0.1, -0.05) is 12.8 Å². The fourth-order valence-corrected chi connectivity index (χ4v) is 2.29. The van der Waals surface area contributed by atoms with Crippen molar-refractivity contribution in [3.8, 4) is 5.88 Å². The summed E-state index contributed by atoms with van der Waals surface area (Å²) < 4.78 is 5.41. The van der Waals surface area contributed by atoms with Crippen LogP contribution in [0.1, 0.15) is 32.6 Å². The van der Waals surface area contributed by atoms with Gasteiger partial charge in [0.1, 0.15) is 0 Å². The Labute approximate surface area is 124 Å². The summed E-state index contributed by atoms with van der Waals surface area (Å²) in [6.45, 7) is 3.07. The monoisotopic (exact) mass is 291 g/mol. The van der Waals surface area contributed by atoms with Gasteiger partial charge in [-0.05, 0) is 18.9 Å². The quantitative estimate of drug-likeness (QED) is 0.918. The first kappa shape index (κ1) is 15.3. The van der Waals surface area contributed by atoms with Gasteiger partial charge in [0.25, 0.3) is 5.91 Å². The van der Waals surface area contributed by atoms with Crippen LogP contribution >= 0.6 is 0 Å². The van der Waals surface area contributed by atoms with E-state index in [0.29, 0.717) is 11.6 Å². The Kier molecular flexibility index (Phi) is 5.54. The number of amides is 2. The van der Waals surface area contributed by atoms with Crippen molar-refractivity contribution >= 4 is 17.5 Å². The van der Waals surface area contributed by atoms with Gasteiger partial charge in [-0.2, -0.15) is 0 Å². The van der Waals surface area contributed by atoms with Crippen molar-refractivity contribution in [3.05, 3.63) is 18.3 Å². The topological polar surface area (TPSA) is 71.5 Å². The molecule has 1 fully saturated rings. The Morgan fingerprint density at radius 3 is 2.52 bits per heavy atom. The third-order valence-electron chi connectivity index (χ3n) is 3.36. The van der Waals surface area contributed by atoms with E-state index in [1.54, 1.807) is 12.1 Å². The molecule has 6 heteroatoms. The molecular formula is C15H21N3O3. The molecule has 1 aliphatic rings. The molecule has 0 unspecified atom stereocenters. The number of aromatic nitrogens is 1. The minimum Gasteiger partial charge on any atom is -0.468 e. The van der Waals surface area contributed by atoms with Crippen molar-refractivity contribution in [2.24, 2.45) is 0 Å². The first-order valence-corrected chi connectivity index (χ1v) is 7.29. The zero-order chi connectivity index (χ0) is 15.1. The number of hydrogen-bond donors (Lipinski definition) is 1. The molecular weight excluding hydrogens is 270 g/mol. The van der Waals surface area contributed by atoms with Crippen molar-refractivity contribution in [1.29, 1.82) is 0 Å². The molecule has 0 saturated carbocycles. The molecule has 1 saturated heterocycles. The molecule has 0 radical (unpaired) electrons. The Bertz CT molecular complexity index is 479. The lowest BCUT2D eigenvalue weighted by Crippen LogP contribution is -2.35. The van der Waals surface area contributed by atoms with E-state index >= 15 is 0 Å². The Morgan fingerprint density at radius 1 is 1.24 bits per heavy atom. The molecule has 1 aromatic heterocycles. The summed E-state index contributed by atoms with van der Waals surface area (Å²) in [6, 6.07) is 3.33. The predicted octanol–water partition coefficient (Wildman–Crippen LogP) is 1.82. The lowest BCUT2D eigenvalue weighted by Gasteiger charge is -2.20. The maximum atomic E-state index is 12.1. The smallest absolute Gasteiger partial charge is 0.260 e. The summed E-state index contributed by atoms with van der Waals surface area (Å²) in [5, 5.41) is 2.62. The number of likely N-dealkylation sites (tertiary alicyclic amines) is 1. The molecule has 21 heavy (non-hydrogen) atoms. The van der Waals surface area contributed by atoms with Crippen molar-refractivity contribution < 1.29 is 14.3 Å². The summed E-state index contributed by atoms with van der Waals surface area (Å²) in [7, 11) is 0. The van der Waals surface area contributed by atoms with Crippen molar-refractivity contribution in [1.82, 2.24) is 9.88 Å². The molecule has 0 aromatic carbocycles. The van der Waals surface area contributed by atoms with Crippen LogP contribution in [0.5, 0.6) is 5.88 Å². The van der Waals surface area contributed by atoms with Gasteiger partial charge in [0, 0.05) is 26.1 Å². The maximum Gasteiger partial charge on any atom is 0.260 e. The third-order valence-corrected chi connectivity index (χ3v) is 3.36. The maximum absolute atomic E-state index is 12.1. The molecule has 6 nitrogen and oxygen atoms in total. The molecule has 0 aliphatic carbocycles. The number of hydrogen-bond acceptors (Lipinski definition) is 4. The van der Waals surface area contributed by atoms with E-state index in [0.717, 1.165) is 25.9 Å². The van der Waals surface area contributed by atoms with Gasteiger partial charge in [0.15, 0.2) is 6.61 Å². The number of rotatable bonds is 4. The van der Waals surface area contributed by atoms with Crippen molar-refractivity contribution in [2.45, 2.75) is 32.6 Å². The van der Waals surface area contributed by atoms with Crippen LogP contribution in [-0.4, -0.2) is 41.4 Å². The minimum atomic E-state index is -0.151. The first-order chi connectivity index (χ1) is 10.1. The van der Waals surface area contributed by atoms with Gasteiger partial charge in [-0.3, -0.25) is 9.59 Å². The van der Waals surface area contributed by atoms with E-state index in [9.17, 15) is 9.59 Å². The summed E-state index contributed by atoms with van der Waals surface area (Å²) in [4.78, 5) is 28.9. The molecule has 1 aliphatic heterocycles. The van der Waals surface area contributed by atoms with Crippen LogP contribution in [-0.2, 0) is 9.59 Å². The first-order valence-electron chi connectivity index (χ1n) is 7.29. The number of carbonyl (C=O) groups excluding carboxylic acids is 2. The molecule has 0 bridgehead atoms. The van der Waals surface area contributed by atoms with E-state index in [1.165, 1.54) is 26.0 Å². The van der Waals surface area contributed by atoms with E-state index in [2.05, 4.69) is 10.3 Å².